The van der Waals surface area contributed by atoms with E-state index < -0.39 is 0 Å². The fourth-order valence-electron chi connectivity index (χ4n) is 3.30. The number of ether oxygens (including phenoxy) is 5. The summed E-state index contributed by atoms with van der Waals surface area (Å²) in [6.45, 7) is 0.260. The van der Waals surface area contributed by atoms with Gasteiger partial charge in [-0.25, -0.2) is 0 Å². The molecule has 1 aliphatic rings. The molecular weight excluding hydrogens is 350 g/mol. The molecule has 0 fully saturated rings. The summed E-state index contributed by atoms with van der Waals surface area (Å²) in [5.74, 6) is 1.73. The van der Waals surface area contributed by atoms with Crippen molar-refractivity contribution in [3.05, 3.63) is 35.4 Å². The van der Waals surface area contributed by atoms with E-state index in [9.17, 15) is 4.79 Å². The standard InChI is InChI=1S/C20H23NO6/c1-23-14-6-5-11(8-13(14)21)7-12-10-27-15-9-16(24-2)19(25-3)20(26-4)17(15)18(12)22/h5-6,8-9,12H,7,10,21H2,1-4H3. The third kappa shape index (κ3) is 3.32. The van der Waals surface area contributed by atoms with Crippen LogP contribution in [0.1, 0.15) is 15.9 Å². The van der Waals surface area contributed by atoms with Crippen molar-refractivity contribution in [2.45, 2.75) is 6.42 Å². The van der Waals surface area contributed by atoms with Gasteiger partial charge >= 0.3 is 0 Å². The molecule has 0 aliphatic carbocycles. The molecule has 0 amide bonds. The number of carbonyl (C=O) groups excluding carboxylic acids is 1. The number of fused-ring (bicyclic) bond motifs is 1. The van der Waals surface area contributed by atoms with E-state index in [0.29, 0.717) is 46.4 Å². The Morgan fingerprint density at radius 1 is 1.00 bits per heavy atom. The molecule has 1 aliphatic heterocycles. The summed E-state index contributed by atoms with van der Waals surface area (Å²) in [6.07, 6.45) is 0.490. The van der Waals surface area contributed by atoms with Crippen molar-refractivity contribution in [3.8, 4) is 28.7 Å². The molecule has 27 heavy (non-hydrogen) atoms. The monoisotopic (exact) mass is 373 g/mol. The van der Waals surface area contributed by atoms with Gasteiger partial charge in [0.15, 0.2) is 17.3 Å². The van der Waals surface area contributed by atoms with Crippen molar-refractivity contribution in [2.24, 2.45) is 5.92 Å². The molecule has 2 N–H and O–H groups in total. The van der Waals surface area contributed by atoms with E-state index in [1.807, 2.05) is 12.1 Å². The smallest absolute Gasteiger partial charge is 0.204 e. The average molecular weight is 373 g/mol. The Hall–Kier alpha value is -3.09. The van der Waals surface area contributed by atoms with Crippen LogP contribution in [0.25, 0.3) is 0 Å². The number of carbonyl (C=O) groups is 1. The minimum atomic E-state index is -0.364. The summed E-state index contributed by atoms with van der Waals surface area (Å²) >= 11 is 0. The number of hydrogen-bond acceptors (Lipinski definition) is 7. The van der Waals surface area contributed by atoms with Crippen LogP contribution in [-0.2, 0) is 6.42 Å². The number of nitrogens with two attached hydrogens (primary N) is 1. The van der Waals surface area contributed by atoms with Crippen LogP contribution in [0.2, 0.25) is 0 Å². The number of hydrogen-bond donors (Lipinski definition) is 1. The van der Waals surface area contributed by atoms with Crippen LogP contribution in [0, 0.1) is 5.92 Å². The van der Waals surface area contributed by atoms with Crippen LogP contribution in [0.5, 0.6) is 28.7 Å². The van der Waals surface area contributed by atoms with Gasteiger partial charge in [0.1, 0.15) is 17.1 Å². The maximum Gasteiger partial charge on any atom is 0.204 e. The molecule has 0 bridgehead atoms. The van der Waals surface area contributed by atoms with Crippen molar-refractivity contribution in [2.75, 3.05) is 40.8 Å². The molecule has 1 atom stereocenters. The summed E-state index contributed by atoms with van der Waals surface area (Å²) in [4.78, 5) is 13.2. The summed E-state index contributed by atoms with van der Waals surface area (Å²) in [6, 6.07) is 7.15. The normalized spacial score (nSPS) is 15.6. The summed E-state index contributed by atoms with van der Waals surface area (Å²) < 4.78 is 27.2. The van der Waals surface area contributed by atoms with Gasteiger partial charge in [0.05, 0.1) is 46.7 Å². The Morgan fingerprint density at radius 3 is 2.30 bits per heavy atom. The number of Topliss-reactive ketones (excluding diaryl/α,β-unsaturated/α-hetero) is 1. The largest absolute Gasteiger partial charge is 0.495 e. The topological polar surface area (TPSA) is 89.2 Å². The molecule has 1 heterocycles. The van der Waals surface area contributed by atoms with Crippen LogP contribution >= 0.6 is 0 Å². The second kappa shape index (κ2) is 7.65. The van der Waals surface area contributed by atoms with Crippen molar-refractivity contribution in [3.63, 3.8) is 0 Å². The van der Waals surface area contributed by atoms with E-state index in [1.54, 1.807) is 19.2 Å². The Kier molecular flexibility index (Phi) is 5.30. The number of benzene rings is 2. The fourth-order valence-corrected chi connectivity index (χ4v) is 3.30. The molecule has 2 aromatic rings. The summed E-state index contributed by atoms with van der Waals surface area (Å²) in [5.41, 5.74) is 7.80. The molecule has 0 aromatic heterocycles. The number of nitrogen functional groups attached to an aromatic ring is 1. The Bertz CT molecular complexity index is 864. The molecule has 0 spiro atoms. The first-order chi connectivity index (χ1) is 13.0. The van der Waals surface area contributed by atoms with Gasteiger partial charge in [-0.2, -0.15) is 0 Å². The van der Waals surface area contributed by atoms with E-state index in [4.69, 9.17) is 29.4 Å². The van der Waals surface area contributed by atoms with Crippen molar-refractivity contribution >= 4 is 11.5 Å². The zero-order valence-corrected chi connectivity index (χ0v) is 15.8. The molecule has 7 heteroatoms. The highest BCUT2D eigenvalue weighted by Gasteiger charge is 2.35. The summed E-state index contributed by atoms with van der Waals surface area (Å²) in [5, 5.41) is 0. The molecule has 144 valence electrons. The molecule has 0 saturated heterocycles. The predicted molar refractivity (Wildman–Crippen MR) is 101 cm³/mol. The quantitative estimate of drug-likeness (QED) is 0.779. The molecule has 0 radical (unpaired) electrons. The number of ketones is 1. The van der Waals surface area contributed by atoms with E-state index >= 15 is 0 Å². The van der Waals surface area contributed by atoms with Gasteiger partial charge in [0, 0.05) is 6.07 Å². The lowest BCUT2D eigenvalue weighted by atomic mass is 9.88. The van der Waals surface area contributed by atoms with Crippen molar-refractivity contribution < 1.29 is 28.5 Å². The first kappa shape index (κ1) is 18.7. The highest BCUT2D eigenvalue weighted by atomic mass is 16.5. The van der Waals surface area contributed by atoms with Gasteiger partial charge in [-0.3, -0.25) is 4.79 Å². The number of rotatable bonds is 6. The second-order valence-electron chi connectivity index (χ2n) is 6.17. The third-order valence-corrected chi connectivity index (χ3v) is 4.63. The maximum atomic E-state index is 13.2. The lowest BCUT2D eigenvalue weighted by molar-refractivity contribution is 0.0824. The Balaban J connectivity index is 1.95. The lowest BCUT2D eigenvalue weighted by Crippen LogP contribution is -2.30. The van der Waals surface area contributed by atoms with Crippen LogP contribution in [-0.4, -0.2) is 40.8 Å². The predicted octanol–water partition coefficient (Wildman–Crippen LogP) is 2.74. The first-order valence-electron chi connectivity index (χ1n) is 8.46. The number of anilines is 1. The summed E-state index contributed by atoms with van der Waals surface area (Å²) in [7, 11) is 6.07. The van der Waals surface area contributed by atoms with Gasteiger partial charge in [-0.15, -0.1) is 0 Å². The van der Waals surface area contributed by atoms with Crippen LogP contribution in [0.4, 0.5) is 5.69 Å². The van der Waals surface area contributed by atoms with Crippen LogP contribution < -0.4 is 29.4 Å². The van der Waals surface area contributed by atoms with E-state index in [2.05, 4.69) is 0 Å². The lowest BCUT2D eigenvalue weighted by Gasteiger charge is -2.27. The molecular formula is C20H23NO6. The van der Waals surface area contributed by atoms with Crippen molar-refractivity contribution in [1.29, 1.82) is 0 Å². The number of methoxy groups -OCH3 is 4. The maximum absolute atomic E-state index is 13.2. The van der Waals surface area contributed by atoms with Gasteiger partial charge in [0.2, 0.25) is 5.75 Å². The molecule has 1 unspecified atom stereocenters. The first-order valence-corrected chi connectivity index (χ1v) is 8.46. The van der Waals surface area contributed by atoms with E-state index in [-0.39, 0.29) is 18.3 Å². The average Bonchev–Trinajstić information content (AvgIpc) is 2.68. The van der Waals surface area contributed by atoms with Crippen LogP contribution in [0.3, 0.4) is 0 Å². The highest BCUT2D eigenvalue weighted by Crippen LogP contribution is 2.47. The highest BCUT2D eigenvalue weighted by molar-refractivity contribution is 6.05. The Labute approximate surface area is 157 Å². The SMILES string of the molecule is COc1ccc(CC2COc3cc(OC)c(OC)c(OC)c3C2=O)cc1N. The Morgan fingerprint density at radius 2 is 1.70 bits per heavy atom. The van der Waals surface area contributed by atoms with Gasteiger partial charge in [0.25, 0.3) is 0 Å². The fraction of sp³-hybridized carbons (Fsp3) is 0.350. The van der Waals surface area contributed by atoms with E-state index in [0.717, 1.165) is 5.56 Å². The second-order valence-corrected chi connectivity index (χ2v) is 6.17. The van der Waals surface area contributed by atoms with E-state index in [1.165, 1.54) is 21.3 Å². The minimum Gasteiger partial charge on any atom is -0.495 e. The molecule has 0 saturated carbocycles. The molecule has 3 rings (SSSR count). The van der Waals surface area contributed by atoms with Crippen LogP contribution in [0.15, 0.2) is 24.3 Å². The zero-order chi connectivity index (χ0) is 19.6. The van der Waals surface area contributed by atoms with Gasteiger partial charge in [-0.1, -0.05) is 6.07 Å². The minimum absolute atomic E-state index is 0.0663. The molecule has 2 aromatic carbocycles. The van der Waals surface area contributed by atoms with Crippen molar-refractivity contribution in [1.82, 2.24) is 0 Å². The zero-order valence-electron chi connectivity index (χ0n) is 15.8. The molecule has 7 nitrogen and oxygen atoms in total. The third-order valence-electron chi connectivity index (χ3n) is 4.63. The van der Waals surface area contributed by atoms with Gasteiger partial charge < -0.3 is 29.4 Å². The van der Waals surface area contributed by atoms with Gasteiger partial charge in [-0.05, 0) is 24.1 Å².